The second-order valence-electron chi connectivity index (χ2n) is 6.18. The van der Waals surface area contributed by atoms with E-state index in [4.69, 9.17) is 0 Å². The highest BCUT2D eigenvalue weighted by molar-refractivity contribution is 5.32. The maximum Gasteiger partial charge on any atom is 0.0355 e. The molecule has 0 amide bonds. The first-order valence-corrected chi connectivity index (χ1v) is 7.86. The molecule has 1 fully saturated rings. The molecule has 1 aromatic carbocycles. The molecule has 3 atom stereocenters. The summed E-state index contributed by atoms with van der Waals surface area (Å²) in [6.07, 6.45) is 5.19. The molecule has 0 spiro atoms. The zero-order valence-electron chi connectivity index (χ0n) is 12.2. The van der Waals surface area contributed by atoms with Gasteiger partial charge in [-0.25, -0.2) is 0 Å². The molecule has 1 aliphatic heterocycles. The van der Waals surface area contributed by atoms with Crippen molar-refractivity contribution in [2.24, 2.45) is 0 Å². The van der Waals surface area contributed by atoms with Crippen molar-refractivity contribution in [2.45, 2.75) is 57.7 Å². The molecule has 0 bridgehead atoms. The van der Waals surface area contributed by atoms with Crippen molar-refractivity contribution in [3.63, 3.8) is 0 Å². The molecule has 0 radical (unpaired) electrons. The number of nitrogens with zero attached hydrogens (tertiary/aromatic N) is 1. The highest BCUT2D eigenvalue weighted by Gasteiger charge is 2.33. The minimum absolute atomic E-state index is 0.622. The highest BCUT2D eigenvalue weighted by atomic mass is 15.3. The van der Waals surface area contributed by atoms with Gasteiger partial charge in [-0.2, -0.15) is 0 Å². The van der Waals surface area contributed by atoms with Crippen LogP contribution in [0.15, 0.2) is 24.3 Å². The molecule has 1 heterocycles. The van der Waals surface area contributed by atoms with Crippen LogP contribution >= 0.6 is 0 Å². The Kier molecular flexibility index (Phi) is 3.90. The Labute approximate surface area is 117 Å². The highest BCUT2D eigenvalue weighted by Crippen LogP contribution is 2.36. The molecule has 0 saturated carbocycles. The van der Waals surface area contributed by atoms with Gasteiger partial charge < -0.3 is 5.32 Å². The molecule has 3 unspecified atom stereocenters. The van der Waals surface area contributed by atoms with Crippen molar-refractivity contribution in [3.05, 3.63) is 35.4 Å². The average Bonchev–Trinajstić information content (AvgIpc) is 2.46. The van der Waals surface area contributed by atoms with Crippen molar-refractivity contribution in [1.82, 2.24) is 10.2 Å². The average molecular weight is 258 g/mol. The van der Waals surface area contributed by atoms with Gasteiger partial charge in [0.1, 0.15) is 0 Å². The topological polar surface area (TPSA) is 15.3 Å². The quantitative estimate of drug-likeness (QED) is 0.876. The Balaban J connectivity index is 1.88. The minimum atomic E-state index is 0.622. The van der Waals surface area contributed by atoms with Crippen LogP contribution in [-0.4, -0.2) is 30.1 Å². The van der Waals surface area contributed by atoms with Crippen molar-refractivity contribution in [1.29, 1.82) is 0 Å². The van der Waals surface area contributed by atoms with Gasteiger partial charge in [-0.3, -0.25) is 4.90 Å². The standard InChI is InChI=1S/C17H26N2/c1-3-15-11-18-13(2)12-19(15)17-10-6-8-14-7-4-5-9-16(14)17/h4-5,7,9,13,15,17-18H,3,6,8,10-12H2,1-2H3. The molecule has 19 heavy (non-hydrogen) atoms. The molecule has 1 N–H and O–H groups in total. The van der Waals surface area contributed by atoms with Gasteiger partial charge in [0.25, 0.3) is 0 Å². The van der Waals surface area contributed by atoms with Crippen LogP contribution in [0, 0.1) is 0 Å². The Morgan fingerprint density at radius 2 is 2.16 bits per heavy atom. The second kappa shape index (κ2) is 5.64. The number of aryl methyl sites for hydroxylation is 1. The molecule has 1 saturated heterocycles. The van der Waals surface area contributed by atoms with E-state index in [-0.39, 0.29) is 0 Å². The summed E-state index contributed by atoms with van der Waals surface area (Å²) in [6, 6.07) is 11.1. The van der Waals surface area contributed by atoms with Crippen molar-refractivity contribution >= 4 is 0 Å². The summed E-state index contributed by atoms with van der Waals surface area (Å²) in [5.74, 6) is 0. The molecular formula is C17H26N2. The Bertz CT molecular complexity index is 429. The second-order valence-corrected chi connectivity index (χ2v) is 6.18. The van der Waals surface area contributed by atoms with Gasteiger partial charge >= 0.3 is 0 Å². The fourth-order valence-corrected chi connectivity index (χ4v) is 3.82. The van der Waals surface area contributed by atoms with E-state index in [1.54, 1.807) is 11.1 Å². The fraction of sp³-hybridized carbons (Fsp3) is 0.647. The third-order valence-electron chi connectivity index (χ3n) is 4.86. The molecule has 0 aromatic heterocycles. The summed E-state index contributed by atoms with van der Waals surface area (Å²) in [5, 5.41) is 3.63. The smallest absolute Gasteiger partial charge is 0.0355 e. The summed E-state index contributed by atoms with van der Waals surface area (Å²) in [7, 11) is 0. The molecule has 2 aliphatic rings. The lowest BCUT2D eigenvalue weighted by molar-refractivity contribution is 0.0731. The lowest BCUT2D eigenvalue weighted by Gasteiger charge is -2.45. The summed E-state index contributed by atoms with van der Waals surface area (Å²) >= 11 is 0. The Morgan fingerprint density at radius 1 is 1.32 bits per heavy atom. The number of rotatable bonds is 2. The Morgan fingerprint density at radius 3 is 3.00 bits per heavy atom. The van der Waals surface area contributed by atoms with Crippen LogP contribution in [0.25, 0.3) is 0 Å². The van der Waals surface area contributed by atoms with Gasteiger partial charge in [-0.15, -0.1) is 0 Å². The lowest BCUT2D eigenvalue weighted by atomic mass is 9.85. The van der Waals surface area contributed by atoms with E-state index in [0.717, 1.165) is 6.54 Å². The molecule has 104 valence electrons. The first-order chi connectivity index (χ1) is 9.29. The number of piperazine rings is 1. The van der Waals surface area contributed by atoms with Gasteiger partial charge in [0.15, 0.2) is 0 Å². The number of fused-ring (bicyclic) bond motifs is 1. The first kappa shape index (κ1) is 13.1. The van der Waals surface area contributed by atoms with Crippen LogP contribution in [0.1, 0.15) is 50.3 Å². The fourth-order valence-electron chi connectivity index (χ4n) is 3.82. The van der Waals surface area contributed by atoms with Crippen LogP contribution in [0.4, 0.5) is 0 Å². The van der Waals surface area contributed by atoms with Gasteiger partial charge in [0, 0.05) is 31.2 Å². The van der Waals surface area contributed by atoms with E-state index < -0.39 is 0 Å². The molecule has 3 rings (SSSR count). The van der Waals surface area contributed by atoms with E-state index in [2.05, 4.69) is 48.3 Å². The monoisotopic (exact) mass is 258 g/mol. The van der Waals surface area contributed by atoms with E-state index in [9.17, 15) is 0 Å². The molecule has 2 nitrogen and oxygen atoms in total. The zero-order valence-corrected chi connectivity index (χ0v) is 12.2. The summed E-state index contributed by atoms with van der Waals surface area (Å²) in [6.45, 7) is 6.98. The number of hydrogen-bond acceptors (Lipinski definition) is 2. The predicted octanol–water partition coefficient (Wildman–Crippen LogP) is 3.14. The molecule has 2 heteroatoms. The number of benzene rings is 1. The largest absolute Gasteiger partial charge is 0.311 e. The van der Waals surface area contributed by atoms with Crippen LogP contribution in [0.2, 0.25) is 0 Å². The van der Waals surface area contributed by atoms with Crippen LogP contribution in [0.5, 0.6) is 0 Å². The van der Waals surface area contributed by atoms with Crippen LogP contribution in [-0.2, 0) is 6.42 Å². The zero-order chi connectivity index (χ0) is 13.2. The lowest BCUT2D eigenvalue weighted by Crippen LogP contribution is -2.56. The summed E-state index contributed by atoms with van der Waals surface area (Å²) < 4.78 is 0. The maximum absolute atomic E-state index is 3.63. The van der Waals surface area contributed by atoms with E-state index in [1.807, 2.05) is 0 Å². The normalized spacial score (nSPS) is 32.0. The SMILES string of the molecule is CCC1CNC(C)CN1C1CCCc2ccccc21. The third kappa shape index (κ3) is 2.56. The number of hydrogen-bond donors (Lipinski definition) is 1. The molecular weight excluding hydrogens is 232 g/mol. The van der Waals surface area contributed by atoms with Crippen molar-refractivity contribution < 1.29 is 0 Å². The van der Waals surface area contributed by atoms with Gasteiger partial charge in [-0.05, 0) is 43.7 Å². The van der Waals surface area contributed by atoms with Crippen molar-refractivity contribution in [3.8, 4) is 0 Å². The predicted molar refractivity (Wildman–Crippen MR) is 80.4 cm³/mol. The number of nitrogens with one attached hydrogen (secondary N) is 1. The van der Waals surface area contributed by atoms with Gasteiger partial charge in [-0.1, -0.05) is 31.2 Å². The summed E-state index contributed by atoms with van der Waals surface area (Å²) in [4.78, 5) is 2.78. The molecule has 1 aromatic rings. The van der Waals surface area contributed by atoms with Crippen LogP contribution < -0.4 is 5.32 Å². The van der Waals surface area contributed by atoms with Crippen LogP contribution in [0.3, 0.4) is 0 Å². The first-order valence-electron chi connectivity index (χ1n) is 7.86. The summed E-state index contributed by atoms with van der Waals surface area (Å²) in [5.41, 5.74) is 3.18. The van der Waals surface area contributed by atoms with E-state index in [1.165, 1.54) is 32.2 Å². The molecule has 1 aliphatic carbocycles. The van der Waals surface area contributed by atoms with E-state index in [0.29, 0.717) is 18.1 Å². The maximum atomic E-state index is 3.63. The van der Waals surface area contributed by atoms with E-state index >= 15 is 0 Å². The Hall–Kier alpha value is -0.860. The third-order valence-corrected chi connectivity index (χ3v) is 4.86. The van der Waals surface area contributed by atoms with Gasteiger partial charge in [0.05, 0.1) is 0 Å². The van der Waals surface area contributed by atoms with Gasteiger partial charge in [0.2, 0.25) is 0 Å². The van der Waals surface area contributed by atoms with Crippen molar-refractivity contribution in [2.75, 3.05) is 13.1 Å². The minimum Gasteiger partial charge on any atom is -0.311 e.